The number of carboxylic acids is 1. The molecule has 1 saturated heterocycles. The van der Waals surface area contributed by atoms with Crippen LogP contribution in [0.1, 0.15) is 18.9 Å². The van der Waals surface area contributed by atoms with E-state index in [0.29, 0.717) is 5.92 Å². The van der Waals surface area contributed by atoms with Crippen molar-refractivity contribution in [3.63, 3.8) is 0 Å². The molecule has 0 aromatic heterocycles. The van der Waals surface area contributed by atoms with Gasteiger partial charge in [0.2, 0.25) is 0 Å². The molecule has 1 aromatic rings. The quantitative estimate of drug-likeness (QED) is 0.891. The molecule has 3 nitrogen and oxygen atoms in total. The van der Waals surface area contributed by atoms with Crippen LogP contribution in [0.2, 0.25) is 0 Å². The van der Waals surface area contributed by atoms with Crippen LogP contribution in [0.4, 0.5) is 4.39 Å². The summed E-state index contributed by atoms with van der Waals surface area (Å²) >= 11 is 0. The molecule has 1 heterocycles. The molecule has 1 aromatic carbocycles. The topological polar surface area (TPSA) is 40.5 Å². The molecule has 2 atom stereocenters. The molecule has 0 saturated carbocycles. The fourth-order valence-corrected chi connectivity index (χ4v) is 2.49. The molecule has 4 heteroatoms. The number of hydrogen-bond acceptors (Lipinski definition) is 2. The van der Waals surface area contributed by atoms with Crippen molar-refractivity contribution >= 4 is 5.97 Å². The molecule has 1 fully saturated rings. The molecule has 1 aliphatic rings. The van der Waals surface area contributed by atoms with Gasteiger partial charge >= 0.3 is 5.97 Å². The van der Waals surface area contributed by atoms with E-state index in [-0.39, 0.29) is 5.82 Å². The number of rotatable bonds is 4. The Hall–Kier alpha value is -1.42. The number of halogens is 1. The standard InChI is InChI=1S/C14H18FNO2/c1-10(14(17)18)16-7-6-12(9-16)8-11-2-4-13(15)5-3-11/h2-5,10,12H,6-9H2,1H3,(H,17,18). The average Bonchev–Trinajstić information content (AvgIpc) is 2.79. The molecule has 1 N–H and O–H groups in total. The number of carbonyl (C=O) groups is 1. The van der Waals surface area contributed by atoms with Gasteiger partial charge in [-0.1, -0.05) is 12.1 Å². The highest BCUT2D eigenvalue weighted by molar-refractivity contribution is 5.72. The Morgan fingerprint density at radius 3 is 2.78 bits per heavy atom. The van der Waals surface area contributed by atoms with Gasteiger partial charge in [-0.25, -0.2) is 4.39 Å². The summed E-state index contributed by atoms with van der Waals surface area (Å²) in [5.74, 6) is -0.513. The van der Waals surface area contributed by atoms with Crippen LogP contribution >= 0.6 is 0 Å². The zero-order chi connectivity index (χ0) is 13.1. The van der Waals surface area contributed by atoms with Gasteiger partial charge in [-0.2, -0.15) is 0 Å². The van der Waals surface area contributed by atoms with Crippen LogP contribution in [0.3, 0.4) is 0 Å². The number of hydrogen-bond donors (Lipinski definition) is 1. The van der Waals surface area contributed by atoms with Crippen molar-refractivity contribution in [2.75, 3.05) is 13.1 Å². The molecule has 1 aliphatic heterocycles. The van der Waals surface area contributed by atoms with Crippen molar-refractivity contribution in [1.82, 2.24) is 4.90 Å². The molecule has 18 heavy (non-hydrogen) atoms. The van der Waals surface area contributed by atoms with Gasteiger partial charge in [0.25, 0.3) is 0 Å². The summed E-state index contributed by atoms with van der Waals surface area (Å²) in [4.78, 5) is 12.9. The predicted octanol–water partition coefficient (Wildman–Crippen LogP) is 2.16. The predicted molar refractivity (Wildman–Crippen MR) is 66.9 cm³/mol. The van der Waals surface area contributed by atoms with Crippen molar-refractivity contribution in [1.29, 1.82) is 0 Å². The Balaban J connectivity index is 1.89. The van der Waals surface area contributed by atoms with Gasteiger partial charge in [-0.05, 0) is 49.9 Å². The maximum absolute atomic E-state index is 12.8. The van der Waals surface area contributed by atoms with Crippen LogP contribution < -0.4 is 0 Å². The highest BCUT2D eigenvalue weighted by Gasteiger charge is 2.29. The first-order chi connectivity index (χ1) is 8.56. The summed E-state index contributed by atoms with van der Waals surface area (Å²) in [7, 11) is 0. The van der Waals surface area contributed by atoms with Crippen LogP contribution in [0.25, 0.3) is 0 Å². The van der Waals surface area contributed by atoms with E-state index < -0.39 is 12.0 Å². The van der Waals surface area contributed by atoms with Gasteiger partial charge in [-0.15, -0.1) is 0 Å². The van der Waals surface area contributed by atoms with Crippen LogP contribution in [-0.2, 0) is 11.2 Å². The van der Waals surface area contributed by atoms with E-state index in [1.165, 1.54) is 12.1 Å². The SMILES string of the molecule is CC(C(=O)O)N1CCC(Cc2ccc(F)cc2)C1. The fraction of sp³-hybridized carbons (Fsp3) is 0.500. The average molecular weight is 251 g/mol. The third-order valence-electron chi connectivity index (χ3n) is 3.66. The monoisotopic (exact) mass is 251 g/mol. The first kappa shape index (κ1) is 13.0. The van der Waals surface area contributed by atoms with E-state index >= 15 is 0 Å². The number of benzene rings is 1. The van der Waals surface area contributed by atoms with E-state index in [1.54, 1.807) is 19.1 Å². The lowest BCUT2D eigenvalue weighted by molar-refractivity contribution is -0.142. The first-order valence-corrected chi connectivity index (χ1v) is 6.27. The van der Waals surface area contributed by atoms with Gasteiger partial charge in [0.1, 0.15) is 11.9 Å². The summed E-state index contributed by atoms with van der Waals surface area (Å²) in [5, 5.41) is 8.97. The van der Waals surface area contributed by atoms with E-state index in [2.05, 4.69) is 0 Å². The largest absolute Gasteiger partial charge is 0.480 e. The normalized spacial score (nSPS) is 22.0. The summed E-state index contributed by atoms with van der Waals surface area (Å²) < 4.78 is 12.8. The van der Waals surface area contributed by atoms with Gasteiger partial charge in [0.15, 0.2) is 0 Å². The van der Waals surface area contributed by atoms with Crippen molar-refractivity contribution in [3.8, 4) is 0 Å². The molecule has 0 aliphatic carbocycles. The number of nitrogens with zero attached hydrogens (tertiary/aromatic N) is 1. The molecule has 0 amide bonds. The van der Waals surface area contributed by atoms with Gasteiger partial charge < -0.3 is 5.11 Å². The maximum Gasteiger partial charge on any atom is 0.320 e. The molecular weight excluding hydrogens is 233 g/mol. The smallest absolute Gasteiger partial charge is 0.320 e. The van der Waals surface area contributed by atoms with Crippen molar-refractivity contribution in [3.05, 3.63) is 35.6 Å². The van der Waals surface area contributed by atoms with Crippen molar-refractivity contribution < 1.29 is 14.3 Å². The highest BCUT2D eigenvalue weighted by atomic mass is 19.1. The van der Waals surface area contributed by atoms with Gasteiger partial charge in [-0.3, -0.25) is 9.69 Å². The Morgan fingerprint density at radius 2 is 2.17 bits per heavy atom. The van der Waals surface area contributed by atoms with E-state index in [0.717, 1.165) is 31.5 Å². The second-order valence-corrected chi connectivity index (χ2v) is 4.99. The maximum atomic E-state index is 12.8. The third kappa shape index (κ3) is 3.07. The highest BCUT2D eigenvalue weighted by Crippen LogP contribution is 2.22. The molecule has 2 unspecified atom stereocenters. The Kier molecular flexibility index (Phi) is 3.97. The van der Waals surface area contributed by atoms with Crippen molar-refractivity contribution in [2.45, 2.75) is 25.8 Å². The Bertz CT molecular complexity index is 418. The minimum atomic E-state index is -0.766. The molecule has 0 spiro atoms. The number of aliphatic carboxylic acids is 1. The molecule has 0 bridgehead atoms. The Morgan fingerprint density at radius 1 is 1.50 bits per heavy atom. The van der Waals surface area contributed by atoms with E-state index in [9.17, 15) is 9.18 Å². The van der Waals surface area contributed by atoms with Crippen LogP contribution in [-0.4, -0.2) is 35.1 Å². The van der Waals surface area contributed by atoms with E-state index in [1.807, 2.05) is 4.90 Å². The number of carboxylic acid groups (broad SMARTS) is 1. The molecule has 98 valence electrons. The summed E-state index contributed by atoms with van der Waals surface area (Å²) in [6.07, 6.45) is 1.90. The van der Waals surface area contributed by atoms with E-state index in [4.69, 9.17) is 5.11 Å². The third-order valence-corrected chi connectivity index (χ3v) is 3.66. The van der Waals surface area contributed by atoms with Gasteiger partial charge in [0, 0.05) is 6.54 Å². The first-order valence-electron chi connectivity index (χ1n) is 6.27. The minimum absolute atomic E-state index is 0.216. The zero-order valence-electron chi connectivity index (χ0n) is 10.5. The summed E-state index contributed by atoms with van der Waals surface area (Å²) in [6, 6.07) is 6.14. The summed E-state index contributed by atoms with van der Waals surface area (Å²) in [5.41, 5.74) is 1.12. The lowest BCUT2D eigenvalue weighted by atomic mass is 9.99. The van der Waals surface area contributed by atoms with Crippen LogP contribution in [0.5, 0.6) is 0 Å². The molecule has 2 rings (SSSR count). The lowest BCUT2D eigenvalue weighted by Crippen LogP contribution is -2.37. The molecular formula is C14H18FNO2. The zero-order valence-corrected chi connectivity index (χ0v) is 10.5. The molecule has 0 radical (unpaired) electrons. The van der Waals surface area contributed by atoms with Gasteiger partial charge in [0.05, 0.1) is 0 Å². The second kappa shape index (κ2) is 5.48. The van der Waals surface area contributed by atoms with Crippen molar-refractivity contribution in [2.24, 2.45) is 5.92 Å². The van der Waals surface area contributed by atoms with Crippen LogP contribution in [0, 0.1) is 11.7 Å². The fourth-order valence-electron chi connectivity index (χ4n) is 2.49. The Labute approximate surface area is 106 Å². The van der Waals surface area contributed by atoms with Crippen LogP contribution in [0.15, 0.2) is 24.3 Å². The summed E-state index contributed by atoms with van der Waals surface area (Å²) in [6.45, 7) is 3.37. The number of likely N-dealkylation sites (tertiary alicyclic amines) is 1. The minimum Gasteiger partial charge on any atom is -0.480 e. The second-order valence-electron chi connectivity index (χ2n) is 4.99. The lowest BCUT2D eigenvalue weighted by Gasteiger charge is -2.20.